The summed E-state index contributed by atoms with van der Waals surface area (Å²) in [5, 5.41) is 14.0. The molecule has 0 radical (unpaired) electrons. The van der Waals surface area contributed by atoms with Gasteiger partial charge in [0.05, 0.1) is 5.92 Å². The molecule has 100 valence electrons. The van der Waals surface area contributed by atoms with E-state index in [0.29, 0.717) is 0 Å². The minimum atomic E-state index is -0.905. The first-order valence-corrected chi connectivity index (χ1v) is 6.97. The van der Waals surface area contributed by atoms with Crippen LogP contribution in [0, 0.1) is 5.92 Å². The molecule has 3 N–H and O–H groups in total. The molecule has 0 aliphatic rings. The van der Waals surface area contributed by atoms with Gasteiger partial charge in [-0.2, -0.15) is 11.8 Å². The highest BCUT2D eigenvalue weighted by atomic mass is 32.2. The number of carboxylic acids is 1. The first-order valence-electron chi connectivity index (χ1n) is 5.82. The molecule has 0 aromatic rings. The molecule has 0 aliphatic heterocycles. The van der Waals surface area contributed by atoms with E-state index in [1.54, 1.807) is 6.92 Å². The van der Waals surface area contributed by atoms with Crippen LogP contribution in [0.15, 0.2) is 0 Å². The lowest BCUT2D eigenvalue weighted by Crippen LogP contribution is -2.43. The van der Waals surface area contributed by atoms with Crippen LogP contribution in [0.3, 0.4) is 0 Å². The lowest BCUT2D eigenvalue weighted by Gasteiger charge is -2.15. The van der Waals surface area contributed by atoms with E-state index in [1.165, 1.54) is 0 Å². The molecule has 17 heavy (non-hydrogen) atoms. The summed E-state index contributed by atoms with van der Waals surface area (Å²) in [6.07, 6.45) is 0.917. The highest BCUT2D eigenvalue weighted by molar-refractivity contribution is 7.99. The minimum absolute atomic E-state index is 0.106. The van der Waals surface area contributed by atoms with Crippen LogP contribution in [0.25, 0.3) is 0 Å². The summed E-state index contributed by atoms with van der Waals surface area (Å²) >= 11 is 1.84. The number of carbonyl (C=O) groups is 2. The number of rotatable bonds is 8. The smallest absolute Gasteiger partial charge is 0.315 e. The van der Waals surface area contributed by atoms with Gasteiger partial charge >= 0.3 is 12.0 Å². The predicted octanol–water partition coefficient (Wildman–Crippen LogP) is 1.54. The second-order valence-electron chi connectivity index (χ2n) is 3.98. The van der Waals surface area contributed by atoms with Crippen molar-refractivity contribution in [2.45, 2.75) is 33.2 Å². The van der Waals surface area contributed by atoms with Crippen molar-refractivity contribution in [2.24, 2.45) is 5.92 Å². The zero-order valence-electron chi connectivity index (χ0n) is 10.7. The largest absolute Gasteiger partial charge is 0.481 e. The van der Waals surface area contributed by atoms with E-state index < -0.39 is 11.9 Å². The van der Waals surface area contributed by atoms with Crippen molar-refractivity contribution in [3.63, 3.8) is 0 Å². The van der Waals surface area contributed by atoms with Crippen molar-refractivity contribution in [1.82, 2.24) is 10.6 Å². The Bertz CT molecular complexity index is 249. The summed E-state index contributed by atoms with van der Waals surface area (Å²) in [5.41, 5.74) is 0. The van der Waals surface area contributed by atoms with E-state index in [0.717, 1.165) is 17.9 Å². The van der Waals surface area contributed by atoms with Gasteiger partial charge in [0.15, 0.2) is 0 Å². The van der Waals surface area contributed by atoms with Gasteiger partial charge in [0, 0.05) is 12.6 Å². The first-order chi connectivity index (χ1) is 7.97. The van der Waals surface area contributed by atoms with Crippen molar-refractivity contribution in [3.05, 3.63) is 0 Å². The van der Waals surface area contributed by atoms with Crippen molar-refractivity contribution < 1.29 is 14.7 Å². The molecule has 6 heteroatoms. The highest BCUT2D eigenvalue weighted by Crippen LogP contribution is 2.03. The standard InChI is InChI=1S/C11H22N2O3S/c1-4-17-6-5-9(3)13-11(16)12-7-8(2)10(14)15/h8-9H,4-7H2,1-3H3,(H,14,15)(H2,12,13,16). The van der Waals surface area contributed by atoms with E-state index in [4.69, 9.17) is 5.11 Å². The molecule has 0 saturated carbocycles. The average Bonchev–Trinajstić information content (AvgIpc) is 2.26. The van der Waals surface area contributed by atoms with Crippen LogP contribution in [0.2, 0.25) is 0 Å². The van der Waals surface area contributed by atoms with Gasteiger partial charge in [-0.25, -0.2) is 4.79 Å². The second-order valence-corrected chi connectivity index (χ2v) is 5.37. The maximum absolute atomic E-state index is 11.4. The molecule has 5 nitrogen and oxygen atoms in total. The Morgan fingerprint density at radius 3 is 2.53 bits per heavy atom. The van der Waals surface area contributed by atoms with Crippen LogP contribution in [-0.2, 0) is 4.79 Å². The SMILES string of the molecule is CCSCCC(C)NC(=O)NCC(C)C(=O)O. The third kappa shape index (κ3) is 8.85. The maximum atomic E-state index is 11.4. The second kappa shape index (κ2) is 9.15. The zero-order chi connectivity index (χ0) is 13.3. The van der Waals surface area contributed by atoms with Crippen molar-refractivity contribution in [1.29, 1.82) is 0 Å². The number of hydrogen-bond donors (Lipinski definition) is 3. The Morgan fingerprint density at radius 1 is 1.35 bits per heavy atom. The molecule has 0 saturated heterocycles. The molecule has 0 aliphatic carbocycles. The third-order valence-corrected chi connectivity index (χ3v) is 3.20. The summed E-state index contributed by atoms with van der Waals surface area (Å²) in [6.45, 7) is 5.75. The molecule has 0 fully saturated rings. The molecule has 2 atom stereocenters. The number of hydrogen-bond acceptors (Lipinski definition) is 3. The Hall–Kier alpha value is -0.910. The molecule has 0 rings (SSSR count). The summed E-state index contributed by atoms with van der Waals surface area (Å²) < 4.78 is 0. The number of amides is 2. The van der Waals surface area contributed by atoms with Crippen LogP contribution in [-0.4, -0.2) is 41.2 Å². The molecule has 2 amide bonds. The fourth-order valence-electron chi connectivity index (χ4n) is 1.08. The van der Waals surface area contributed by atoms with Gasteiger partial charge in [0.25, 0.3) is 0 Å². The Kier molecular flexibility index (Phi) is 8.66. The number of carboxylic acid groups (broad SMARTS) is 1. The van der Waals surface area contributed by atoms with Gasteiger partial charge in [-0.15, -0.1) is 0 Å². The minimum Gasteiger partial charge on any atom is -0.481 e. The topological polar surface area (TPSA) is 78.4 Å². The predicted molar refractivity (Wildman–Crippen MR) is 70.4 cm³/mol. The van der Waals surface area contributed by atoms with E-state index in [9.17, 15) is 9.59 Å². The normalized spacial score (nSPS) is 13.8. The van der Waals surface area contributed by atoms with Crippen molar-refractivity contribution >= 4 is 23.8 Å². The first kappa shape index (κ1) is 16.1. The Balaban J connectivity index is 3.67. The van der Waals surface area contributed by atoms with Crippen LogP contribution in [0.4, 0.5) is 4.79 Å². The number of aliphatic carboxylic acids is 1. The molecule has 2 unspecified atom stereocenters. The lowest BCUT2D eigenvalue weighted by atomic mass is 10.2. The summed E-state index contributed by atoms with van der Waals surface area (Å²) in [4.78, 5) is 21.9. The van der Waals surface area contributed by atoms with Gasteiger partial charge in [0.2, 0.25) is 0 Å². The quantitative estimate of drug-likeness (QED) is 0.580. The molecule has 0 spiro atoms. The summed E-state index contributed by atoms with van der Waals surface area (Å²) in [5.74, 6) is 0.628. The Labute approximate surface area is 107 Å². The molecule has 0 aromatic heterocycles. The molecule has 0 bridgehead atoms. The lowest BCUT2D eigenvalue weighted by molar-refractivity contribution is -0.140. The fourth-order valence-corrected chi connectivity index (χ4v) is 1.89. The van der Waals surface area contributed by atoms with Gasteiger partial charge in [-0.05, 0) is 24.9 Å². The molecule has 0 aromatic carbocycles. The van der Waals surface area contributed by atoms with Crippen LogP contribution in [0.5, 0.6) is 0 Å². The Morgan fingerprint density at radius 2 is 2.00 bits per heavy atom. The van der Waals surface area contributed by atoms with E-state index in [2.05, 4.69) is 17.6 Å². The van der Waals surface area contributed by atoms with E-state index in [1.807, 2.05) is 18.7 Å². The number of thioether (sulfide) groups is 1. The molecule has 0 heterocycles. The van der Waals surface area contributed by atoms with Gasteiger partial charge in [0.1, 0.15) is 0 Å². The van der Waals surface area contributed by atoms with Crippen molar-refractivity contribution in [2.75, 3.05) is 18.1 Å². The number of nitrogens with one attached hydrogen (secondary N) is 2. The summed E-state index contributed by atoms with van der Waals surface area (Å²) in [6, 6.07) is -0.193. The van der Waals surface area contributed by atoms with Crippen LogP contribution < -0.4 is 10.6 Å². The van der Waals surface area contributed by atoms with Crippen LogP contribution >= 0.6 is 11.8 Å². The van der Waals surface area contributed by atoms with E-state index >= 15 is 0 Å². The third-order valence-electron chi connectivity index (χ3n) is 2.27. The zero-order valence-corrected chi connectivity index (χ0v) is 11.5. The monoisotopic (exact) mass is 262 g/mol. The highest BCUT2D eigenvalue weighted by Gasteiger charge is 2.12. The number of urea groups is 1. The maximum Gasteiger partial charge on any atom is 0.315 e. The van der Waals surface area contributed by atoms with Crippen molar-refractivity contribution in [3.8, 4) is 0 Å². The molecular formula is C11H22N2O3S. The van der Waals surface area contributed by atoms with Gasteiger partial charge in [-0.3, -0.25) is 4.79 Å². The number of carbonyl (C=O) groups excluding carboxylic acids is 1. The fraction of sp³-hybridized carbons (Fsp3) is 0.818. The van der Waals surface area contributed by atoms with Crippen LogP contribution in [0.1, 0.15) is 27.2 Å². The molecular weight excluding hydrogens is 240 g/mol. The van der Waals surface area contributed by atoms with Gasteiger partial charge < -0.3 is 15.7 Å². The van der Waals surface area contributed by atoms with E-state index in [-0.39, 0.29) is 18.6 Å². The summed E-state index contributed by atoms with van der Waals surface area (Å²) in [7, 11) is 0. The average molecular weight is 262 g/mol. The van der Waals surface area contributed by atoms with Gasteiger partial charge in [-0.1, -0.05) is 13.8 Å².